The van der Waals surface area contributed by atoms with E-state index < -0.39 is 0 Å². The molecule has 1 aromatic rings. The first-order valence-electron chi connectivity index (χ1n) is 4.89. The fourth-order valence-corrected chi connectivity index (χ4v) is 2.25. The van der Waals surface area contributed by atoms with Gasteiger partial charge < -0.3 is 0 Å². The molecule has 0 aliphatic carbocycles. The number of benzene rings is 1. The molecule has 0 nitrogen and oxygen atoms in total. The third-order valence-electron chi connectivity index (χ3n) is 1.89. The van der Waals surface area contributed by atoms with E-state index >= 15 is 0 Å². The second-order valence-electron chi connectivity index (χ2n) is 3.09. The van der Waals surface area contributed by atoms with Gasteiger partial charge in [-0.3, -0.25) is 0 Å². The van der Waals surface area contributed by atoms with Crippen LogP contribution in [0.1, 0.15) is 26.2 Å². The molecule has 0 amide bonds. The van der Waals surface area contributed by atoms with Gasteiger partial charge in [0.2, 0.25) is 0 Å². The van der Waals surface area contributed by atoms with E-state index in [0.717, 1.165) is 6.42 Å². The fraction of sp³-hybridized carbons (Fsp3) is 0.333. The molecular formula is C12H15ClS. The van der Waals surface area contributed by atoms with Crippen LogP contribution >= 0.6 is 23.4 Å². The molecule has 0 bridgehead atoms. The third kappa shape index (κ3) is 4.21. The zero-order chi connectivity index (χ0) is 10.2. The monoisotopic (exact) mass is 226 g/mol. The lowest BCUT2D eigenvalue weighted by molar-refractivity contribution is 0.809. The predicted molar refractivity (Wildman–Crippen MR) is 65.8 cm³/mol. The summed E-state index contributed by atoms with van der Waals surface area (Å²) in [5.74, 6) is 0. The Kier molecular flexibility index (Phi) is 5.81. The molecule has 2 heteroatoms. The Balaban J connectivity index is 2.50. The van der Waals surface area contributed by atoms with Crippen LogP contribution in [0.25, 0.3) is 0 Å². The van der Waals surface area contributed by atoms with E-state index in [-0.39, 0.29) is 0 Å². The lowest BCUT2D eigenvalue weighted by Gasteiger charge is -2.04. The topological polar surface area (TPSA) is 0 Å². The standard InChI is InChI=1S/C12H15ClS/c1-2-3-7-12(10-13)14-11-8-5-4-6-9-11/h4-6,8-10H,2-3,7H2,1H3/b12-10+. The Bertz CT molecular complexity index is 280. The van der Waals surface area contributed by atoms with Crippen LogP contribution in [0.4, 0.5) is 0 Å². The van der Waals surface area contributed by atoms with Crippen LogP contribution in [0.3, 0.4) is 0 Å². The molecule has 0 spiro atoms. The van der Waals surface area contributed by atoms with Crippen molar-refractivity contribution in [3.05, 3.63) is 40.8 Å². The van der Waals surface area contributed by atoms with E-state index in [9.17, 15) is 0 Å². The molecule has 14 heavy (non-hydrogen) atoms. The maximum absolute atomic E-state index is 5.77. The van der Waals surface area contributed by atoms with Crippen LogP contribution in [0.5, 0.6) is 0 Å². The molecule has 0 aromatic heterocycles. The van der Waals surface area contributed by atoms with Gasteiger partial charge in [-0.1, -0.05) is 54.9 Å². The second kappa shape index (κ2) is 6.97. The highest BCUT2D eigenvalue weighted by atomic mass is 35.5. The smallest absolute Gasteiger partial charge is 0.0141 e. The van der Waals surface area contributed by atoms with E-state index in [2.05, 4.69) is 19.1 Å². The average molecular weight is 227 g/mol. The number of hydrogen-bond donors (Lipinski definition) is 0. The second-order valence-corrected chi connectivity index (χ2v) is 4.51. The maximum Gasteiger partial charge on any atom is 0.0141 e. The Hall–Kier alpha value is -0.400. The van der Waals surface area contributed by atoms with Crippen molar-refractivity contribution in [1.29, 1.82) is 0 Å². The first-order valence-corrected chi connectivity index (χ1v) is 6.14. The fourth-order valence-electron chi connectivity index (χ4n) is 1.12. The van der Waals surface area contributed by atoms with Gasteiger partial charge in [-0.25, -0.2) is 0 Å². The van der Waals surface area contributed by atoms with Crippen LogP contribution in [0.15, 0.2) is 45.7 Å². The van der Waals surface area contributed by atoms with Crippen molar-refractivity contribution in [3.63, 3.8) is 0 Å². The molecule has 0 aliphatic heterocycles. The van der Waals surface area contributed by atoms with E-state index in [1.807, 2.05) is 18.2 Å². The third-order valence-corrected chi connectivity index (χ3v) is 3.38. The number of unbranched alkanes of at least 4 members (excludes halogenated alkanes) is 1. The van der Waals surface area contributed by atoms with Crippen LogP contribution in [-0.4, -0.2) is 0 Å². The molecule has 0 aliphatic rings. The van der Waals surface area contributed by atoms with E-state index in [0.29, 0.717) is 0 Å². The van der Waals surface area contributed by atoms with Crippen LogP contribution < -0.4 is 0 Å². The van der Waals surface area contributed by atoms with Crippen molar-refractivity contribution in [2.24, 2.45) is 0 Å². The average Bonchev–Trinajstić information content (AvgIpc) is 2.25. The van der Waals surface area contributed by atoms with Gasteiger partial charge in [0.25, 0.3) is 0 Å². The van der Waals surface area contributed by atoms with Gasteiger partial charge in [-0.2, -0.15) is 0 Å². The minimum atomic E-state index is 1.08. The summed E-state index contributed by atoms with van der Waals surface area (Å²) in [6.45, 7) is 2.19. The van der Waals surface area contributed by atoms with Crippen molar-refractivity contribution >= 4 is 23.4 Å². The zero-order valence-corrected chi connectivity index (χ0v) is 9.94. The summed E-state index contributed by atoms with van der Waals surface area (Å²) in [5, 5.41) is 0. The molecule has 1 rings (SSSR count). The molecule has 1 aromatic carbocycles. The molecule has 0 N–H and O–H groups in total. The molecule has 76 valence electrons. The van der Waals surface area contributed by atoms with Gasteiger partial charge in [-0.05, 0) is 25.0 Å². The Morgan fingerprint density at radius 3 is 2.64 bits per heavy atom. The zero-order valence-electron chi connectivity index (χ0n) is 8.37. The minimum Gasteiger partial charge on any atom is -0.0936 e. The van der Waals surface area contributed by atoms with Crippen molar-refractivity contribution < 1.29 is 0 Å². The number of thioether (sulfide) groups is 1. The minimum absolute atomic E-state index is 1.08. The maximum atomic E-state index is 5.77. The Morgan fingerprint density at radius 1 is 1.36 bits per heavy atom. The molecular weight excluding hydrogens is 212 g/mol. The van der Waals surface area contributed by atoms with Gasteiger partial charge in [-0.15, -0.1) is 0 Å². The summed E-state index contributed by atoms with van der Waals surface area (Å²) in [6.07, 6.45) is 3.50. The van der Waals surface area contributed by atoms with Crippen LogP contribution in [0.2, 0.25) is 0 Å². The van der Waals surface area contributed by atoms with Crippen molar-refractivity contribution in [3.8, 4) is 0 Å². The molecule has 0 radical (unpaired) electrons. The summed E-state index contributed by atoms with van der Waals surface area (Å²) in [4.78, 5) is 2.51. The summed E-state index contributed by atoms with van der Waals surface area (Å²) in [7, 11) is 0. The van der Waals surface area contributed by atoms with Crippen LogP contribution in [0, 0.1) is 0 Å². The van der Waals surface area contributed by atoms with Gasteiger partial charge in [0.05, 0.1) is 0 Å². The van der Waals surface area contributed by atoms with E-state index in [1.54, 1.807) is 17.3 Å². The summed E-state index contributed by atoms with van der Waals surface area (Å²) >= 11 is 7.53. The summed E-state index contributed by atoms with van der Waals surface area (Å²) in [6, 6.07) is 10.3. The number of hydrogen-bond acceptors (Lipinski definition) is 1. The van der Waals surface area contributed by atoms with Gasteiger partial charge in [0, 0.05) is 15.3 Å². The van der Waals surface area contributed by atoms with Crippen molar-refractivity contribution in [2.75, 3.05) is 0 Å². The largest absolute Gasteiger partial charge is 0.0936 e. The highest BCUT2D eigenvalue weighted by molar-refractivity contribution is 8.03. The van der Waals surface area contributed by atoms with Gasteiger partial charge in [0.15, 0.2) is 0 Å². The van der Waals surface area contributed by atoms with Crippen LogP contribution in [-0.2, 0) is 0 Å². The molecule has 0 saturated carbocycles. The molecule has 0 saturated heterocycles. The number of allylic oxidation sites excluding steroid dienone is 1. The lowest BCUT2D eigenvalue weighted by atomic mass is 10.2. The molecule has 0 heterocycles. The highest BCUT2D eigenvalue weighted by Gasteiger charge is 1.99. The highest BCUT2D eigenvalue weighted by Crippen LogP contribution is 2.30. The first-order chi connectivity index (χ1) is 6.86. The molecule has 0 unspecified atom stereocenters. The predicted octanol–water partition coefficient (Wildman–Crippen LogP) is 5.05. The lowest BCUT2D eigenvalue weighted by Crippen LogP contribution is -1.78. The SMILES string of the molecule is CCCC/C(=C\Cl)Sc1ccccc1. The van der Waals surface area contributed by atoms with Crippen molar-refractivity contribution in [1.82, 2.24) is 0 Å². The Labute approximate surface area is 95.4 Å². The Morgan fingerprint density at radius 2 is 2.07 bits per heavy atom. The van der Waals surface area contributed by atoms with Gasteiger partial charge >= 0.3 is 0 Å². The molecule has 0 fully saturated rings. The normalized spacial score (nSPS) is 11.7. The van der Waals surface area contributed by atoms with E-state index in [4.69, 9.17) is 11.6 Å². The van der Waals surface area contributed by atoms with Gasteiger partial charge in [0.1, 0.15) is 0 Å². The summed E-state index contributed by atoms with van der Waals surface area (Å²) < 4.78 is 0. The molecule has 0 atom stereocenters. The first kappa shape index (κ1) is 11.7. The number of rotatable bonds is 5. The number of halogens is 1. The van der Waals surface area contributed by atoms with Crippen molar-refractivity contribution in [2.45, 2.75) is 31.1 Å². The quantitative estimate of drug-likeness (QED) is 0.634. The summed E-state index contributed by atoms with van der Waals surface area (Å²) in [5.41, 5.74) is 1.70. The van der Waals surface area contributed by atoms with E-state index in [1.165, 1.54) is 22.6 Å².